The van der Waals surface area contributed by atoms with Crippen molar-refractivity contribution in [2.45, 2.75) is 36.8 Å². The van der Waals surface area contributed by atoms with E-state index in [9.17, 15) is 0 Å². The molecule has 1 fully saturated rings. The molecule has 54 valence electrons. The smallest absolute Gasteiger partial charge is 0.210 e. The van der Waals surface area contributed by atoms with Gasteiger partial charge < -0.3 is 9.47 Å². The summed E-state index contributed by atoms with van der Waals surface area (Å²) in [7, 11) is 0. The molecule has 0 amide bonds. The summed E-state index contributed by atoms with van der Waals surface area (Å²) >= 11 is 2.14. The van der Waals surface area contributed by atoms with Gasteiger partial charge in [-0.05, 0) is 42.9 Å². The van der Waals surface area contributed by atoms with E-state index in [4.69, 9.17) is 9.47 Å². The van der Waals surface area contributed by atoms with Crippen molar-refractivity contribution >= 4 is 22.6 Å². The van der Waals surface area contributed by atoms with Gasteiger partial charge in [0.05, 0.1) is 12.2 Å². The van der Waals surface area contributed by atoms with Crippen LogP contribution in [0, 0.1) is 0 Å². The fraction of sp³-hybridized carbons (Fsp3) is 1.00. The fourth-order valence-corrected chi connectivity index (χ4v) is 1.98. The number of halogens is 1. The lowest BCUT2D eigenvalue weighted by molar-refractivity contribution is -0.177. The minimum atomic E-state index is -0.0404. The Bertz CT molecular complexity index is 72.0. The van der Waals surface area contributed by atoms with Crippen LogP contribution in [0.5, 0.6) is 0 Å². The van der Waals surface area contributed by atoms with Gasteiger partial charge in [-0.15, -0.1) is 0 Å². The highest BCUT2D eigenvalue weighted by Crippen LogP contribution is 2.21. The van der Waals surface area contributed by atoms with E-state index in [-0.39, 0.29) is 4.30 Å². The molecule has 2 nitrogen and oxygen atoms in total. The largest absolute Gasteiger partial charge is 0.341 e. The predicted octanol–water partition coefficient (Wildman–Crippen LogP) is 1.92. The molecule has 0 aromatic heterocycles. The third-order valence-corrected chi connectivity index (χ3v) is 1.93. The number of hydrogen-bond donors (Lipinski definition) is 0. The summed E-state index contributed by atoms with van der Waals surface area (Å²) < 4.78 is 10.6. The molecule has 2 atom stereocenters. The summed E-state index contributed by atoms with van der Waals surface area (Å²) in [5.74, 6) is 0. The molecule has 3 heteroatoms. The van der Waals surface area contributed by atoms with E-state index in [1.54, 1.807) is 0 Å². The average molecular weight is 242 g/mol. The number of alkyl halides is 1. The highest BCUT2D eigenvalue weighted by atomic mass is 127. The van der Waals surface area contributed by atoms with E-state index in [2.05, 4.69) is 36.4 Å². The van der Waals surface area contributed by atoms with Crippen molar-refractivity contribution in [3.05, 3.63) is 0 Å². The molecule has 1 heterocycles. The van der Waals surface area contributed by atoms with Gasteiger partial charge >= 0.3 is 0 Å². The molecule has 2 unspecified atom stereocenters. The lowest BCUT2D eigenvalue weighted by atomic mass is 10.2. The monoisotopic (exact) mass is 242 g/mol. The molecule has 0 bridgehead atoms. The quantitative estimate of drug-likeness (QED) is 0.477. The van der Waals surface area contributed by atoms with Crippen molar-refractivity contribution in [1.29, 1.82) is 0 Å². The fourth-order valence-electron chi connectivity index (χ4n) is 0.976. The molecule has 1 rings (SSSR count). The normalized spacial score (nSPS) is 45.0. The van der Waals surface area contributed by atoms with Crippen molar-refractivity contribution in [2.75, 3.05) is 0 Å². The second kappa shape index (κ2) is 3.16. The summed E-state index contributed by atoms with van der Waals surface area (Å²) in [6.07, 6.45) is 1.73. The minimum Gasteiger partial charge on any atom is -0.341 e. The standard InChI is InChI=1S/C6H11IO2/c1-4-3-5(2)9-6(7)8-4/h4-6H,3H2,1-2H3. The van der Waals surface area contributed by atoms with Crippen LogP contribution in [0.3, 0.4) is 0 Å². The lowest BCUT2D eigenvalue weighted by Crippen LogP contribution is -2.31. The first-order valence-corrected chi connectivity index (χ1v) is 4.38. The maximum atomic E-state index is 5.32. The van der Waals surface area contributed by atoms with Crippen LogP contribution in [0.2, 0.25) is 0 Å². The molecule has 0 aliphatic carbocycles. The SMILES string of the molecule is CC1CC(C)OC(I)O1. The molecule has 0 aromatic rings. The van der Waals surface area contributed by atoms with E-state index in [1.165, 1.54) is 0 Å². The van der Waals surface area contributed by atoms with E-state index in [0.29, 0.717) is 12.2 Å². The molecule has 1 aliphatic heterocycles. The average Bonchev–Trinajstić information content (AvgIpc) is 1.59. The van der Waals surface area contributed by atoms with Gasteiger partial charge in [0, 0.05) is 0 Å². The first-order valence-electron chi connectivity index (χ1n) is 3.13. The van der Waals surface area contributed by atoms with Gasteiger partial charge in [0.25, 0.3) is 0 Å². The molecule has 1 saturated heterocycles. The molecule has 9 heavy (non-hydrogen) atoms. The molecule has 0 saturated carbocycles. The molecule has 0 spiro atoms. The van der Waals surface area contributed by atoms with E-state index < -0.39 is 0 Å². The summed E-state index contributed by atoms with van der Waals surface area (Å²) in [5, 5.41) is 0. The van der Waals surface area contributed by atoms with E-state index in [0.717, 1.165) is 6.42 Å². The van der Waals surface area contributed by atoms with Crippen LogP contribution >= 0.6 is 22.6 Å². The van der Waals surface area contributed by atoms with Crippen LogP contribution < -0.4 is 0 Å². The minimum absolute atomic E-state index is 0.0404. The van der Waals surface area contributed by atoms with Gasteiger partial charge in [-0.1, -0.05) is 0 Å². The van der Waals surface area contributed by atoms with Crippen molar-refractivity contribution in [3.8, 4) is 0 Å². The molecule has 1 aliphatic rings. The summed E-state index contributed by atoms with van der Waals surface area (Å²) in [4.78, 5) is 0. The van der Waals surface area contributed by atoms with Crippen molar-refractivity contribution in [2.24, 2.45) is 0 Å². The number of ether oxygens (including phenoxy) is 2. The Kier molecular flexibility index (Phi) is 2.73. The zero-order chi connectivity index (χ0) is 6.85. The third-order valence-electron chi connectivity index (χ3n) is 1.34. The van der Waals surface area contributed by atoms with Gasteiger partial charge in [-0.25, -0.2) is 0 Å². The number of rotatable bonds is 0. The van der Waals surface area contributed by atoms with Crippen molar-refractivity contribution in [3.63, 3.8) is 0 Å². The molecular weight excluding hydrogens is 231 g/mol. The van der Waals surface area contributed by atoms with Gasteiger partial charge in [-0.3, -0.25) is 0 Å². The van der Waals surface area contributed by atoms with Gasteiger partial charge in [0.1, 0.15) is 0 Å². The predicted molar refractivity (Wildman–Crippen MR) is 43.5 cm³/mol. The maximum absolute atomic E-state index is 5.32. The Balaban J connectivity index is 2.34. The molecule has 0 N–H and O–H groups in total. The number of hydrogen-bond acceptors (Lipinski definition) is 2. The second-order valence-electron chi connectivity index (χ2n) is 2.40. The zero-order valence-corrected chi connectivity index (χ0v) is 7.79. The Morgan fingerprint density at radius 3 is 2.00 bits per heavy atom. The first-order chi connectivity index (χ1) is 4.18. The van der Waals surface area contributed by atoms with E-state index >= 15 is 0 Å². The van der Waals surface area contributed by atoms with Gasteiger partial charge in [0.15, 0.2) is 0 Å². The molecule has 0 aromatic carbocycles. The maximum Gasteiger partial charge on any atom is 0.210 e. The highest BCUT2D eigenvalue weighted by Gasteiger charge is 2.21. The Hall–Kier alpha value is 0.650. The summed E-state index contributed by atoms with van der Waals surface area (Å²) in [6, 6.07) is 0. The third kappa shape index (κ3) is 2.39. The van der Waals surface area contributed by atoms with E-state index in [1.807, 2.05) is 0 Å². The van der Waals surface area contributed by atoms with Crippen LogP contribution in [0.25, 0.3) is 0 Å². The summed E-state index contributed by atoms with van der Waals surface area (Å²) in [6.45, 7) is 4.15. The highest BCUT2D eigenvalue weighted by molar-refractivity contribution is 14.1. The van der Waals surface area contributed by atoms with Gasteiger partial charge in [-0.2, -0.15) is 0 Å². The lowest BCUT2D eigenvalue weighted by Gasteiger charge is -2.28. The van der Waals surface area contributed by atoms with Crippen molar-refractivity contribution < 1.29 is 9.47 Å². The molecule has 0 radical (unpaired) electrons. The zero-order valence-electron chi connectivity index (χ0n) is 5.63. The van der Waals surface area contributed by atoms with Crippen LogP contribution in [0.4, 0.5) is 0 Å². The topological polar surface area (TPSA) is 18.5 Å². The van der Waals surface area contributed by atoms with Crippen LogP contribution in [-0.2, 0) is 9.47 Å². The first kappa shape index (κ1) is 7.75. The van der Waals surface area contributed by atoms with Crippen LogP contribution in [0.15, 0.2) is 0 Å². The Morgan fingerprint density at radius 1 is 1.22 bits per heavy atom. The van der Waals surface area contributed by atoms with Crippen LogP contribution in [-0.4, -0.2) is 16.5 Å². The van der Waals surface area contributed by atoms with Crippen molar-refractivity contribution in [1.82, 2.24) is 0 Å². The Labute approximate surface area is 69.0 Å². The Morgan fingerprint density at radius 2 is 1.67 bits per heavy atom. The van der Waals surface area contributed by atoms with Gasteiger partial charge in [0.2, 0.25) is 4.30 Å². The van der Waals surface area contributed by atoms with Crippen LogP contribution in [0.1, 0.15) is 20.3 Å². The second-order valence-corrected chi connectivity index (χ2v) is 3.42. The summed E-state index contributed by atoms with van der Waals surface area (Å²) in [5.41, 5.74) is 0. The molecular formula is C6H11IO2.